The Labute approximate surface area is 233 Å². The van der Waals surface area contributed by atoms with Gasteiger partial charge in [-0.2, -0.15) is 4.31 Å². The van der Waals surface area contributed by atoms with Crippen molar-refractivity contribution in [2.24, 2.45) is 23.2 Å². The fourth-order valence-electron chi connectivity index (χ4n) is 5.89. The Morgan fingerprint density at radius 1 is 0.949 bits per heavy atom. The van der Waals surface area contributed by atoms with Crippen LogP contribution in [0.5, 0.6) is 11.5 Å². The normalized spacial score (nSPS) is 24.3. The molecule has 214 valence electrons. The van der Waals surface area contributed by atoms with Crippen molar-refractivity contribution in [3.8, 4) is 11.5 Å². The predicted octanol–water partition coefficient (Wildman–Crippen LogP) is 5.04. The van der Waals surface area contributed by atoms with Crippen LogP contribution in [0.25, 0.3) is 0 Å². The van der Waals surface area contributed by atoms with Gasteiger partial charge in [0.05, 0.1) is 26.1 Å². The summed E-state index contributed by atoms with van der Waals surface area (Å²) in [5.74, 6) is 2.09. The van der Waals surface area contributed by atoms with Gasteiger partial charge in [-0.3, -0.25) is 0 Å². The lowest BCUT2D eigenvalue weighted by Gasteiger charge is -2.48. The molecule has 7 nitrogen and oxygen atoms in total. The summed E-state index contributed by atoms with van der Waals surface area (Å²) in [7, 11) is 1.37. The van der Waals surface area contributed by atoms with Crippen LogP contribution in [0.3, 0.4) is 0 Å². The lowest BCUT2D eigenvalue weighted by Crippen LogP contribution is -2.46. The van der Waals surface area contributed by atoms with Crippen LogP contribution in [0.2, 0.25) is 0 Å². The number of aliphatic hydroxyl groups is 1. The Bertz CT molecular complexity index is 1180. The molecular formula is C31H43NO6S. The molecule has 0 unspecified atom stereocenters. The zero-order valence-corrected chi connectivity index (χ0v) is 24.6. The molecule has 5 atom stereocenters. The molecule has 8 heteroatoms. The molecule has 1 saturated carbocycles. The van der Waals surface area contributed by atoms with Crippen LogP contribution in [-0.2, 0) is 27.8 Å². The first-order chi connectivity index (χ1) is 18.6. The van der Waals surface area contributed by atoms with E-state index in [1.165, 1.54) is 5.57 Å². The van der Waals surface area contributed by atoms with Crippen LogP contribution >= 0.6 is 0 Å². The van der Waals surface area contributed by atoms with Crippen molar-refractivity contribution in [1.29, 1.82) is 0 Å². The van der Waals surface area contributed by atoms with Crippen molar-refractivity contribution in [2.45, 2.75) is 52.3 Å². The lowest BCUT2D eigenvalue weighted by atomic mass is 9.60. The summed E-state index contributed by atoms with van der Waals surface area (Å²) in [5.41, 5.74) is 2.82. The number of hydrogen-bond acceptors (Lipinski definition) is 6. The van der Waals surface area contributed by atoms with Crippen molar-refractivity contribution in [3.63, 3.8) is 0 Å². The van der Waals surface area contributed by atoms with E-state index >= 15 is 0 Å². The van der Waals surface area contributed by atoms with Gasteiger partial charge in [0.2, 0.25) is 10.0 Å². The third-order valence-corrected chi connectivity index (χ3v) is 10.8. The molecule has 2 aromatic rings. The molecule has 39 heavy (non-hydrogen) atoms. The standard InChI is InChI=1S/C31H43NO6S/c1-22(31(2)16-26(17-31)30(38-5)29-15-10-25(29)20-33)21-39(34,35)32(18-23-6-11-27(36-3)12-7-23)19-24-8-13-28(37-4)14-9-24/h6-9,11-14,16,22,25,29-30,33H,10,15,17-21H2,1-5H3/t22-,25+,29-,30+,31-/m1/s1. The first kappa shape index (κ1) is 29.6. The van der Waals surface area contributed by atoms with Crippen molar-refractivity contribution in [1.82, 2.24) is 4.31 Å². The first-order valence-electron chi connectivity index (χ1n) is 13.7. The monoisotopic (exact) mass is 557 g/mol. The predicted molar refractivity (Wildman–Crippen MR) is 153 cm³/mol. The van der Waals surface area contributed by atoms with Crippen molar-refractivity contribution < 1.29 is 27.7 Å². The second-order valence-electron chi connectivity index (χ2n) is 11.4. The molecule has 0 heterocycles. The second kappa shape index (κ2) is 12.4. The zero-order valence-electron chi connectivity index (χ0n) is 23.8. The maximum atomic E-state index is 13.9. The minimum Gasteiger partial charge on any atom is -0.497 e. The summed E-state index contributed by atoms with van der Waals surface area (Å²) in [4.78, 5) is 0. The summed E-state index contributed by atoms with van der Waals surface area (Å²) in [6.07, 6.45) is 5.15. The van der Waals surface area contributed by atoms with Crippen LogP contribution in [0, 0.1) is 23.2 Å². The molecule has 2 aliphatic rings. The number of sulfonamides is 1. The van der Waals surface area contributed by atoms with Crippen LogP contribution in [-0.4, -0.2) is 57.6 Å². The molecule has 1 N–H and O–H groups in total. The molecule has 0 bridgehead atoms. The first-order valence-corrected chi connectivity index (χ1v) is 15.3. The number of aliphatic hydroxyl groups excluding tert-OH is 1. The van der Waals surface area contributed by atoms with Gasteiger partial charge in [0.25, 0.3) is 0 Å². The quantitative estimate of drug-likeness (QED) is 0.328. The van der Waals surface area contributed by atoms with E-state index in [-0.39, 0.29) is 42.9 Å². The van der Waals surface area contributed by atoms with Gasteiger partial charge in [-0.05, 0) is 83.4 Å². The van der Waals surface area contributed by atoms with E-state index in [9.17, 15) is 13.5 Å². The van der Waals surface area contributed by atoms with E-state index < -0.39 is 10.0 Å². The molecule has 0 aliphatic heterocycles. The maximum Gasteiger partial charge on any atom is 0.215 e. The average molecular weight is 558 g/mol. The third kappa shape index (κ3) is 6.68. The number of hydrogen-bond donors (Lipinski definition) is 1. The van der Waals surface area contributed by atoms with Crippen molar-refractivity contribution >= 4 is 10.0 Å². The van der Waals surface area contributed by atoms with Gasteiger partial charge < -0.3 is 19.3 Å². The maximum absolute atomic E-state index is 13.9. The lowest BCUT2D eigenvalue weighted by molar-refractivity contribution is -0.0257. The van der Waals surface area contributed by atoms with Crippen LogP contribution < -0.4 is 9.47 Å². The highest BCUT2D eigenvalue weighted by Gasteiger charge is 2.46. The second-order valence-corrected chi connectivity index (χ2v) is 13.4. The Kier molecular flexibility index (Phi) is 9.42. The highest BCUT2D eigenvalue weighted by molar-refractivity contribution is 7.89. The molecule has 0 spiro atoms. The third-order valence-electron chi connectivity index (χ3n) is 8.83. The largest absolute Gasteiger partial charge is 0.497 e. The fraction of sp³-hybridized carbons (Fsp3) is 0.548. The number of allylic oxidation sites excluding steroid dienone is 1. The SMILES string of the molecule is COc1ccc(CN(Cc2ccc(OC)cc2)S(=O)(=O)C[C@@H](C)[C@]2(C)C=C([C@H](OC)[C@@H]3CC[C@H]3CO)C2)cc1. The fourth-order valence-corrected chi connectivity index (χ4v) is 7.80. The van der Waals surface area contributed by atoms with Gasteiger partial charge in [-0.1, -0.05) is 44.2 Å². The Hall–Kier alpha value is -2.39. The minimum atomic E-state index is -3.60. The molecule has 4 rings (SSSR count). The van der Waals surface area contributed by atoms with E-state index in [0.717, 1.165) is 41.9 Å². The number of benzene rings is 2. The number of ether oxygens (including phenoxy) is 3. The van der Waals surface area contributed by atoms with Crippen molar-refractivity contribution in [3.05, 3.63) is 71.3 Å². The summed E-state index contributed by atoms with van der Waals surface area (Å²) in [6, 6.07) is 15.1. The smallest absolute Gasteiger partial charge is 0.215 e. The molecule has 0 radical (unpaired) electrons. The van der Waals surface area contributed by atoms with Crippen molar-refractivity contribution in [2.75, 3.05) is 33.7 Å². The molecule has 1 fully saturated rings. The van der Waals surface area contributed by atoms with E-state index in [4.69, 9.17) is 14.2 Å². The van der Waals surface area contributed by atoms with Crippen LogP contribution in [0.4, 0.5) is 0 Å². The van der Waals surface area contributed by atoms with Crippen LogP contribution in [0.1, 0.15) is 44.2 Å². The van der Waals surface area contributed by atoms with Gasteiger partial charge in [-0.15, -0.1) is 0 Å². The van der Waals surface area contributed by atoms with Gasteiger partial charge in [0.1, 0.15) is 11.5 Å². The van der Waals surface area contributed by atoms with Gasteiger partial charge in [-0.25, -0.2) is 8.42 Å². The summed E-state index contributed by atoms with van der Waals surface area (Å²) < 4.78 is 45.8. The molecule has 2 aliphatic carbocycles. The average Bonchev–Trinajstić information content (AvgIpc) is 2.89. The van der Waals surface area contributed by atoms with E-state index in [1.807, 2.05) is 55.5 Å². The number of nitrogens with zero attached hydrogens (tertiary/aromatic N) is 1. The zero-order chi connectivity index (χ0) is 28.2. The molecule has 2 aromatic carbocycles. The Morgan fingerprint density at radius 3 is 1.85 bits per heavy atom. The Balaban J connectivity index is 1.50. The minimum absolute atomic E-state index is 0.00873. The van der Waals surface area contributed by atoms with Gasteiger partial charge in [0.15, 0.2) is 0 Å². The van der Waals surface area contributed by atoms with Gasteiger partial charge in [0, 0.05) is 26.8 Å². The number of rotatable bonds is 14. The molecular weight excluding hydrogens is 514 g/mol. The van der Waals surface area contributed by atoms with E-state index in [0.29, 0.717) is 11.8 Å². The number of methoxy groups -OCH3 is 3. The van der Waals surface area contributed by atoms with Crippen LogP contribution in [0.15, 0.2) is 60.2 Å². The molecule has 0 amide bonds. The summed E-state index contributed by atoms with van der Waals surface area (Å²) in [6.45, 7) is 4.93. The molecule has 0 aromatic heterocycles. The van der Waals surface area contributed by atoms with E-state index in [2.05, 4.69) is 13.0 Å². The Morgan fingerprint density at radius 2 is 1.46 bits per heavy atom. The summed E-state index contributed by atoms with van der Waals surface area (Å²) in [5, 5.41) is 9.65. The van der Waals surface area contributed by atoms with E-state index in [1.54, 1.807) is 25.6 Å². The highest BCUT2D eigenvalue weighted by atomic mass is 32.2. The molecule has 0 saturated heterocycles. The van der Waals surface area contributed by atoms with Gasteiger partial charge >= 0.3 is 0 Å². The highest BCUT2D eigenvalue weighted by Crippen LogP contribution is 2.51. The topological polar surface area (TPSA) is 85.3 Å². The summed E-state index contributed by atoms with van der Waals surface area (Å²) >= 11 is 0.